The van der Waals surface area contributed by atoms with Gasteiger partial charge in [-0.05, 0) is 44.1 Å². The Morgan fingerprint density at radius 3 is 2.62 bits per heavy atom. The van der Waals surface area contributed by atoms with E-state index in [0.29, 0.717) is 24.2 Å². The highest BCUT2D eigenvalue weighted by atomic mass is 16.1. The van der Waals surface area contributed by atoms with Crippen molar-refractivity contribution >= 4 is 11.7 Å². The number of carbonyl (C=O) groups is 1. The average Bonchev–Trinajstić information content (AvgIpc) is 3.21. The molecule has 5 heteroatoms. The van der Waals surface area contributed by atoms with Crippen LogP contribution >= 0.6 is 0 Å². The second-order valence-electron chi connectivity index (χ2n) is 8.08. The van der Waals surface area contributed by atoms with Gasteiger partial charge in [0.1, 0.15) is 11.4 Å². The second-order valence-corrected chi connectivity index (χ2v) is 8.08. The van der Waals surface area contributed by atoms with Gasteiger partial charge < -0.3 is 10.6 Å². The van der Waals surface area contributed by atoms with Crippen LogP contribution in [-0.2, 0) is 6.42 Å². The molecule has 1 aliphatic heterocycles. The summed E-state index contributed by atoms with van der Waals surface area (Å²) in [5.74, 6) is 1.59. The van der Waals surface area contributed by atoms with Crippen LogP contribution in [0.5, 0.6) is 0 Å². The number of benzene rings is 1. The Kier molecular flexibility index (Phi) is 7.73. The number of hydrogen-bond donors (Lipinski definition) is 2. The molecule has 1 saturated carbocycles. The molecule has 2 aliphatic rings. The van der Waals surface area contributed by atoms with Crippen molar-refractivity contribution < 1.29 is 4.79 Å². The van der Waals surface area contributed by atoms with Crippen LogP contribution in [0.25, 0.3) is 0 Å². The van der Waals surface area contributed by atoms with Crippen LogP contribution < -0.4 is 10.6 Å². The number of amides is 1. The van der Waals surface area contributed by atoms with Crippen molar-refractivity contribution in [3.63, 3.8) is 0 Å². The number of rotatable bonds is 5. The molecule has 0 spiro atoms. The van der Waals surface area contributed by atoms with Gasteiger partial charge in [-0.2, -0.15) is 5.10 Å². The summed E-state index contributed by atoms with van der Waals surface area (Å²) in [5.41, 5.74) is 1.91. The SMILES string of the molecule is CC.CC1CC(C2CCCCC2)Nc2c(C(=O)NCCc3ccccc3)cnn21. The van der Waals surface area contributed by atoms with E-state index in [2.05, 4.69) is 34.8 Å². The Hall–Kier alpha value is -2.30. The first kappa shape index (κ1) is 21.4. The van der Waals surface area contributed by atoms with Crippen LogP contribution in [-0.4, -0.2) is 28.3 Å². The van der Waals surface area contributed by atoms with Crippen molar-refractivity contribution in [1.29, 1.82) is 0 Å². The zero-order valence-electron chi connectivity index (χ0n) is 18.2. The first-order chi connectivity index (χ1) is 14.2. The van der Waals surface area contributed by atoms with Gasteiger partial charge in [0.25, 0.3) is 5.91 Å². The number of anilines is 1. The molecule has 0 radical (unpaired) electrons. The third-order valence-corrected chi connectivity index (χ3v) is 6.14. The van der Waals surface area contributed by atoms with Gasteiger partial charge in [0, 0.05) is 12.6 Å². The maximum absolute atomic E-state index is 12.8. The molecule has 1 aromatic heterocycles. The standard InChI is InChI=1S/C22H30N4O.C2H6/c1-16-14-20(18-10-6-3-7-11-18)25-21-19(15-24-26(16)21)22(27)23-13-12-17-8-4-2-5-9-17;1-2/h2,4-5,8-9,15-16,18,20,25H,3,6-7,10-14H2,1H3,(H,23,27);1-2H3. The number of hydrogen-bond acceptors (Lipinski definition) is 3. The lowest BCUT2D eigenvalue weighted by Crippen LogP contribution is -2.38. The van der Waals surface area contributed by atoms with Gasteiger partial charge >= 0.3 is 0 Å². The molecular formula is C24H36N4O. The van der Waals surface area contributed by atoms with E-state index < -0.39 is 0 Å². The zero-order valence-corrected chi connectivity index (χ0v) is 18.2. The highest BCUT2D eigenvalue weighted by molar-refractivity contribution is 5.98. The maximum Gasteiger partial charge on any atom is 0.256 e. The monoisotopic (exact) mass is 396 g/mol. The minimum Gasteiger partial charge on any atom is -0.367 e. The van der Waals surface area contributed by atoms with Crippen molar-refractivity contribution in [2.45, 2.75) is 77.8 Å². The normalized spacial score (nSPS) is 21.3. The number of carbonyl (C=O) groups excluding carboxylic acids is 1. The summed E-state index contributed by atoms with van der Waals surface area (Å²) in [6.45, 7) is 6.85. The van der Waals surface area contributed by atoms with Crippen LogP contribution in [0, 0.1) is 5.92 Å². The van der Waals surface area contributed by atoms with E-state index in [1.165, 1.54) is 37.7 Å². The third-order valence-electron chi connectivity index (χ3n) is 6.14. The summed E-state index contributed by atoms with van der Waals surface area (Å²) in [6.07, 6.45) is 10.3. The molecule has 158 valence electrons. The minimum absolute atomic E-state index is 0.0313. The van der Waals surface area contributed by atoms with Crippen LogP contribution in [0.15, 0.2) is 36.5 Å². The van der Waals surface area contributed by atoms with Gasteiger partial charge in [0.2, 0.25) is 0 Å². The van der Waals surface area contributed by atoms with Crippen molar-refractivity contribution in [1.82, 2.24) is 15.1 Å². The fourth-order valence-electron chi connectivity index (χ4n) is 4.62. The predicted octanol–water partition coefficient (Wildman–Crippen LogP) is 5.21. The molecule has 2 unspecified atom stereocenters. The lowest BCUT2D eigenvalue weighted by Gasteiger charge is -2.37. The fourth-order valence-corrected chi connectivity index (χ4v) is 4.62. The highest BCUT2D eigenvalue weighted by Gasteiger charge is 2.33. The van der Waals surface area contributed by atoms with Crippen molar-refractivity contribution in [3.05, 3.63) is 47.7 Å². The van der Waals surface area contributed by atoms with Crippen molar-refractivity contribution in [2.24, 2.45) is 5.92 Å². The summed E-state index contributed by atoms with van der Waals surface area (Å²) in [4.78, 5) is 12.8. The molecule has 2 N–H and O–H groups in total. The Labute approximate surface area is 175 Å². The summed E-state index contributed by atoms with van der Waals surface area (Å²) in [5, 5.41) is 11.2. The topological polar surface area (TPSA) is 59.0 Å². The quantitative estimate of drug-likeness (QED) is 0.729. The van der Waals surface area contributed by atoms with Gasteiger partial charge in [-0.15, -0.1) is 0 Å². The first-order valence-corrected chi connectivity index (χ1v) is 11.4. The Morgan fingerprint density at radius 2 is 1.90 bits per heavy atom. The van der Waals surface area contributed by atoms with Gasteiger partial charge in [-0.25, -0.2) is 4.68 Å². The number of nitrogens with zero attached hydrogens (tertiary/aromatic N) is 2. The number of aromatic nitrogens is 2. The highest BCUT2D eigenvalue weighted by Crippen LogP contribution is 2.36. The first-order valence-electron chi connectivity index (χ1n) is 11.4. The second kappa shape index (κ2) is 10.5. The predicted molar refractivity (Wildman–Crippen MR) is 119 cm³/mol. The molecule has 1 aliphatic carbocycles. The Balaban J connectivity index is 0.00000117. The molecular weight excluding hydrogens is 360 g/mol. The summed E-state index contributed by atoms with van der Waals surface area (Å²) < 4.78 is 1.99. The van der Waals surface area contributed by atoms with E-state index in [9.17, 15) is 4.79 Å². The molecule has 5 nitrogen and oxygen atoms in total. The third kappa shape index (κ3) is 5.20. The molecule has 29 heavy (non-hydrogen) atoms. The molecule has 1 aromatic carbocycles. The number of nitrogens with one attached hydrogen (secondary N) is 2. The van der Waals surface area contributed by atoms with Gasteiger partial charge in [0.15, 0.2) is 0 Å². The van der Waals surface area contributed by atoms with Gasteiger partial charge in [0.05, 0.1) is 12.2 Å². The summed E-state index contributed by atoms with van der Waals surface area (Å²) in [7, 11) is 0. The van der Waals surface area contributed by atoms with E-state index in [1.807, 2.05) is 36.7 Å². The van der Waals surface area contributed by atoms with E-state index >= 15 is 0 Å². The molecule has 0 saturated heterocycles. The molecule has 2 heterocycles. The van der Waals surface area contributed by atoms with Crippen LogP contribution in [0.3, 0.4) is 0 Å². The zero-order chi connectivity index (χ0) is 20.6. The summed E-state index contributed by atoms with van der Waals surface area (Å²) in [6, 6.07) is 11.0. The molecule has 4 rings (SSSR count). The van der Waals surface area contributed by atoms with E-state index in [0.717, 1.165) is 24.6 Å². The average molecular weight is 397 g/mol. The molecule has 0 bridgehead atoms. The van der Waals surface area contributed by atoms with E-state index in [1.54, 1.807) is 6.20 Å². The number of fused-ring (bicyclic) bond motifs is 1. The fraction of sp³-hybridized carbons (Fsp3) is 0.583. The van der Waals surface area contributed by atoms with E-state index in [-0.39, 0.29) is 5.91 Å². The largest absolute Gasteiger partial charge is 0.367 e. The van der Waals surface area contributed by atoms with E-state index in [4.69, 9.17) is 0 Å². The van der Waals surface area contributed by atoms with Gasteiger partial charge in [-0.3, -0.25) is 4.79 Å². The Morgan fingerprint density at radius 1 is 1.17 bits per heavy atom. The van der Waals surface area contributed by atoms with Crippen LogP contribution in [0.4, 0.5) is 5.82 Å². The van der Waals surface area contributed by atoms with Gasteiger partial charge in [-0.1, -0.05) is 63.4 Å². The van der Waals surface area contributed by atoms with Crippen molar-refractivity contribution in [2.75, 3.05) is 11.9 Å². The molecule has 2 aromatic rings. The molecule has 2 atom stereocenters. The molecule has 1 fully saturated rings. The Bertz CT molecular complexity index is 764. The maximum atomic E-state index is 12.8. The molecule has 1 amide bonds. The minimum atomic E-state index is -0.0313. The van der Waals surface area contributed by atoms with Crippen molar-refractivity contribution in [3.8, 4) is 0 Å². The summed E-state index contributed by atoms with van der Waals surface area (Å²) >= 11 is 0. The lowest BCUT2D eigenvalue weighted by molar-refractivity contribution is 0.0954. The smallest absolute Gasteiger partial charge is 0.256 e. The van der Waals surface area contributed by atoms with Crippen LogP contribution in [0.2, 0.25) is 0 Å². The van der Waals surface area contributed by atoms with Crippen LogP contribution in [0.1, 0.15) is 81.3 Å². The lowest BCUT2D eigenvalue weighted by atomic mass is 9.81.